The summed E-state index contributed by atoms with van der Waals surface area (Å²) in [5, 5.41) is 5.07. The number of aryl methyl sites for hydroxylation is 1. The fourth-order valence-corrected chi connectivity index (χ4v) is 3.91. The minimum Gasteiger partial charge on any atom is -0.368 e. The van der Waals surface area contributed by atoms with Crippen molar-refractivity contribution in [3.63, 3.8) is 0 Å². The standard InChI is InChI=1S/C24H24ClFN4O2/c25-19-5-3-18(4-6-19)22-11-12-24(32)30(27-22)13-1-2-23(31)29-16-14-28(15-17-29)21-9-7-20(26)8-10-21/h3-12H,1-2,13-17H2. The molecule has 3 aromatic rings. The second-order valence-electron chi connectivity index (χ2n) is 7.73. The summed E-state index contributed by atoms with van der Waals surface area (Å²) in [6.07, 6.45) is 0.893. The van der Waals surface area contributed by atoms with Gasteiger partial charge in [-0.05, 0) is 48.9 Å². The molecule has 1 aliphatic rings. The summed E-state index contributed by atoms with van der Waals surface area (Å²) in [4.78, 5) is 28.8. The summed E-state index contributed by atoms with van der Waals surface area (Å²) >= 11 is 5.93. The number of benzene rings is 2. The van der Waals surface area contributed by atoms with Crippen LogP contribution in [0.5, 0.6) is 0 Å². The molecular weight excluding hydrogens is 431 g/mol. The van der Waals surface area contributed by atoms with Crippen LogP contribution >= 0.6 is 11.6 Å². The van der Waals surface area contributed by atoms with Gasteiger partial charge in [0.2, 0.25) is 5.91 Å². The molecule has 4 rings (SSSR count). The lowest BCUT2D eigenvalue weighted by molar-refractivity contribution is -0.131. The maximum Gasteiger partial charge on any atom is 0.266 e. The number of aromatic nitrogens is 2. The first-order chi connectivity index (χ1) is 15.5. The monoisotopic (exact) mass is 454 g/mol. The zero-order valence-electron chi connectivity index (χ0n) is 17.6. The largest absolute Gasteiger partial charge is 0.368 e. The molecule has 0 N–H and O–H groups in total. The van der Waals surface area contributed by atoms with E-state index in [1.807, 2.05) is 17.0 Å². The van der Waals surface area contributed by atoms with E-state index in [1.54, 1.807) is 30.3 Å². The summed E-state index contributed by atoms with van der Waals surface area (Å²) in [5.74, 6) is -0.180. The Morgan fingerprint density at radius 3 is 2.31 bits per heavy atom. The third-order valence-corrected chi connectivity index (χ3v) is 5.84. The molecule has 0 bridgehead atoms. The molecule has 0 atom stereocenters. The molecule has 1 aromatic heterocycles. The van der Waals surface area contributed by atoms with Crippen LogP contribution in [0.4, 0.5) is 10.1 Å². The van der Waals surface area contributed by atoms with Crippen LogP contribution in [-0.4, -0.2) is 46.8 Å². The van der Waals surface area contributed by atoms with E-state index in [-0.39, 0.29) is 17.3 Å². The number of piperazine rings is 1. The Labute approximate surface area is 190 Å². The van der Waals surface area contributed by atoms with Crippen LogP contribution in [0.25, 0.3) is 11.3 Å². The third kappa shape index (κ3) is 5.34. The second-order valence-corrected chi connectivity index (χ2v) is 8.17. The molecule has 0 unspecified atom stereocenters. The van der Waals surface area contributed by atoms with Gasteiger partial charge in [0.25, 0.3) is 5.56 Å². The molecule has 1 aliphatic heterocycles. The average molecular weight is 455 g/mol. The molecule has 8 heteroatoms. The van der Waals surface area contributed by atoms with Crippen LogP contribution < -0.4 is 10.5 Å². The van der Waals surface area contributed by atoms with Crippen molar-refractivity contribution in [3.8, 4) is 11.3 Å². The number of carbonyl (C=O) groups excluding carboxylic acids is 1. The number of hydrogen-bond acceptors (Lipinski definition) is 4. The molecule has 0 spiro atoms. The fourth-order valence-electron chi connectivity index (χ4n) is 3.79. The molecular formula is C24H24ClFN4O2. The van der Waals surface area contributed by atoms with Crippen LogP contribution in [0.15, 0.2) is 65.5 Å². The van der Waals surface area contributed by atoms with Gasteiger partial charge in [-0.25, -0.2) is 9.07 Å². The van der Waals surface area contributed by atoms with Gasteiger partial charge in [-0.2, -0.15) is 5.10 Å². The Morgan fingerprint density at radius 1 is 0.938 bits per heavy atom. The minimum atomic E-state index is -0.255. The zero-order chi connectivity index (χ0) is 22.5. The van der Waals surface area contributed by atoms with Crippen molar-refractivity contribution in [3.05, 3.63) is 81.9 Å². The Kier molecular flexibility index (Phi) is 6.85. The van der Waals surface area contributed by atoms with Gasteiger partial charge in [0.15, 0.2) is 0 Å². The number of amides is 1. The SMILES string of the molecule is O=C(CCCn1nc(-c2ccc(Cl)cc2)ccc1=O)N1CCN(c2ccc(F)cc2)CC1. The molecule has 166 valence electrons. The second kappa shape index (κ2) is 9.96. The number of hydrogen-bond donors (Lipinski definition) is 0. The predicted molar refractivity (Wildman–Crippen MR) is 123 cm³/mol. The van der Waals surface area contributed by atoms with Crippen molar-refractivity contribution in [2.45, 2.75) is 19.4 Å². The Morgan fingerprint density at radius 2 is 1.62 bits per heavy atom. The van der Waals surface area contributed by atoms with Gasteiger partial charge in [0.1, 0.15) is 5.82 Å². The molecule has 1 fully saturated rings. The molecule has 6 nitrogen and oxygen atoms in total. The quantitative estimate of drug-likeness (QED) is 0.568. The first kappa shape index (κ1) is 22.0. The number of anilines is 1. The maximum absolute atomic E-state index is 13.1. The van der Waals surface area contributed by atoms with Crippen molar-refractivity contribution in [2.75, 3.05) is 31.1 Å². The normalized spacial score (nSPS) is 13.9. The first-order valence-corrected chi connectivity index (χ1v) is 11.0. The number of nitrogens with zero attached hydrogens (tertiary/aromatic N) is 4. The first-order valence-electron chi connectivity index (χ1n) is 10.6. The van der Waals surface area contributed by atoms with E-state index in [1.165, 1.54) is 22.9 Å². The number of halogens is 2. The molecule has 0 aliphatic carbocycles. The van der Waals surface area contributed by atoms with Crippen molar-refractivity contribution in [1.82, 2.24) is 14.7 Å². The molecule has 0 saturated carbocycles. The molecule has 2 heterocycles. The van der Waals surface area contributed by atoms with E-state index in [9.17, 15) is 14.0 Å². The highest BCUT2D eigenvalue weighted by Crippen LogP contribution is 2.19. The van der Waals surface area contributed by atoms with Crippen LogP contribution in [-0.2, 0) is 11.3 Å². The number of rotatable bonds is 6. The van der Waals surface area contributed by atoms with Gasteiger partial charge in [0, 0.05) is 61.5 Å². The lowest BCUT2D eigenvalue weighted by Crippen LogP contribution is -2.48. The summed E-state index contributed by atoms with van der Waals surface area (Å²) in [6, 6.07) is 16.9. The van der Waals surface area contributed by atoms with E-state index in [2.05, 4.69) is 10.00 Å². The summed E-state index contributed by atoms with van der Waals surface area (Å²) in [5.41, 5.74) is 2.33. The predicted octanol–water partition coefficient (Wildman–Crippen LogP) is 3.83. The van der Waals surface area contributed by atoms with Crippen LogP contribution in [0.3, 0.4) is 0 Å². The highest BCUT2D eigenvalue weighted by atomic mass is 35.5. The summed E-state index contributed by atoms with van der Waals surface area (Å²) < 4.78 is 14.5. The van der Waals surface area contributed by atoms with E-state index >= 15 is 0 Å². The van der Waals surface area contributed by atoms with Gasteiger partial charge < -0.3 is 9.80 Å². The van der Waals surface area contributed by atoms with Crippen molar-refractivity contribution in [2.24, 2.45) is 0 Å². The van der Waals surface area contributed by atoms with Crippen molar-refractivity contribution < 1.29 is 9.18 Å². The molecule has 2 aromatic carbocycles. The van der Waals surface area contributed by atoms with Gasteiger partial charge in [-0.1, -0.05) is 23.7 Å². The van der Waals surface area contributed by atoms with Crippen LogP contribution in [0.2, 0.25) is 5.02 Å². The van der Waals surface area contributed by atoms with Crippen LogP contribution in [0, 0.1) is 5.82 Å². The van der Waals surface area contributed by atoms with Gasteiger partial charge in [-0.3, -0.25) is 9.59 Å². The highest BCUT2D eigenvalue weighted by molar-refractivity contribution is 6.30. The van der Waals surface area contributed by atoms with Gasteiger partial charge in [-0.15, -0.1) is 0 Å². The topological polar surface area (TPSA) is 58.4 Å². The van der Waals surface area contributed by atoms with Crippen molar-refractivity contribution >= 4 is 23.2 Å². The van der Waals surface area contributed by atoms with Gasteiger partial charge in [0.05, 0.1) is 5.69 Å². The molecule has 32 heavy (non-hydrogen) atoms. The lowest BCUT2D eigenvalue weighted by Gasteiger charge is -2.36. The number of carbonyl (C=O) groups is 1. The van der Waals surface area contributed by atoms with E-state index in [0.29, 0.717) is 56.3 Å². The average Bonchev–Trinajstić information content (AvgIpc) is 2.81. The maximum atomic E-state index is 13.1. The Balaban J connectivity index is 1.29. The molecule has 1 saturated heterocycles. The highest BCUT2D eigenvalue weighted by Gasteiger charge is 2.21. The summed E-state index contributed by atoms with van der Waals surface area (Å²) in [6.45, 7) is 3.05. The molecule has 0 radical (unpaired) electrons. The van der Waals surface area contributed by atoms with Crippen LogP contribution in [0.1, 0.15) is 12.8 Å². The third-order valence-electron chi connectivity index (χ3n) is 5.59. The van der Waals surface area contributed by atoms with Gasteiger partial charge >= 0.3 is 0 Å². The lowest BCUT2D eigenvalue weighted by atomic mass is 10.1. The van der Waals surface area contributed by atoms with E-state index in [0.717, 1.165) is 11.3 Å². The van der Waals surface area contributed by atoms with E-state index in [4.69, 9.17) is 11.6 Å². The fraction of sp³-hybridized carbons (Fsp3) is 0.292. The Bertz CT molecular complexity index is 1120. The Hall–Kier alpha value is -3.19. The van der Waals surface area contributed by atoms with E-state index < -0.39 is 0 Å². The minimum absolute atomic E-state index is 0.0747. The smallest absolute Gasteiger partial charge is 0.266 e. The summed E-state index contributed by atoms with van der Waals surface area (Å²) in [7, 11) is 0. The zero-order valence-corrected chi connectivity index (χ0v) is 18.3. The van der Waals surface area contributed by atoms with Crippen molar-refractivity contribution in [1.29, 1.82) is 0 Å². The molecule has 1 amide bonds.